The first kappa shape index (κ1) is 18.7. The molecule has 0 atom stereocenters. The van der Waals surface area contributed by atoms with E-state index in [1.54, 1.807) is 0 Å². The van der Waals surface area contributed by atoms with Crippen LogP contribution in [0.15, 0.2) is 72.8 Å². The van der Waals surface area contributed by atoms with E-state index in [-0.39, 0.29) is 5.91 Å². The van der Waals surface area contributed by atoms with Crippen LogP contribution in [0.3, 0.4) is 0 Å². The lowest BCUT2D eigenvalue weighted by atomic mass is 10.0. The first-order valence-electron chi connectivity index (χ1n) is 9.41. The number of carbonyl (C=O) groups excluding carboxylic acids is 1. The minimum atomic E-state index is -0.209. The number of rotatable bonds is 3. The highest BCUT2D eigenvalue weighted by molar-refractivity contribution is 7.22. The zero-order valence-electron chi connectivity index (χ0n) is 16.0. The number of hydrogen-bond acceptors (Lipinski definition) is 4. The van der Waals surface area contributed by atoms with Crippen molar-refractivity contribution in [2.45, 2.75) is 6.92 Å². The zero-order chi connectivity index (χ0) is 20.7. The van der Waals surface area contributed by atoms with E-state index in [2.05, 4.69) is 16.4 Å². The number of anilines is 1. The fourth-order valence-electron chi connectivity index (χ4n) is 3.38. The molecule has 2 heterocycles. The van der Waals surface area contributed by atoms with Gasteiger partial charge in [-0.25, -0.2) is 9.97 Å². The minimum Gasteiger partial charge on any atom is -0.298 e. The summed E-state index contributed by atoms with van der Waals surface area (Å²) >= 11 is 7.49. The molecule has 30 heavy (non-hydrogen) atoms. The molecule has 5 rings (SSSR count). The molecule has 0 radical (unpaired) electrons. The van der Waals surface area contributed by atoms with Gasteiger partial charge in [0.2, 0.25) is 0 Å². The Kier molecular flexibility index (Phi) is 4.69. The second kappa shape index (κ2) is 7.52. The molecule has 0 bridgehead atoms. The number of benzene rings is 3. The molecule has 2 aromatic heterocycles. The second-order valence-corrected chi connectivity index (χ2v) is 8.49. The van der Waals surface area contributed by atoms with Crippen LogP contribution in [0.4, 0.5) is 5.13 Å². The number of carbonyl (C=O) groups is 1. The predicted octanol–water partition coefficient (Wildman–Crippen LogP) is 6.73. The van der Waals surface area contributed by atoms with E-state index in [1.165, 1.54) is 11.3 Å². The highest BCUT2D eigenvalue weighted by Crippen LogP contribution is 2.29. The molecule has 0 saturated heterocycles. The number of fused-ring (bicyclic) bond motifs is 2. The number of halogens is 1. The standard InChI is InChI=1S/C24H16ClN3OS/c1-14-6-11-20-22(12-14)30-24(27-20)28-23(29)18-13-21(15-7-9-16(25)10-8-15)26-19-5-3-2-4-17(18)19/h2-13H,1H3,(H,27,28,29). The molecule has 0 saturated carbocycles. The van der Waals surface area contributed by atoms with E-state index in [0.29, 0.717) is 15.7 Å². The molecule has 0 fully saturated rings. The lowest BCUT2D eigenvalue weighted by Crippen LogP contribution is -2.13. The minimum absolute atomic E-state index is 0.209. The summed E-state index contributed by atoms with van der Waals surface area (Å²) in [5.74, 6) is -0.209. The van der Waals surface area contributed by atoms with Crippen LogP contribution in [0.25, 0.3) is 32.4 Å². The predicted molar refractivity (Wildman–Crippen MR) is 124 cm³/mol. The Bertz CT molecular complexity index is 1410. The summed E-state index contributed by atoms with van der Waals surface area (Å²) in [5, 5.41) is 5.00. The smallest absolute Gasteiger partial charge is 0.258 e. The van der Waals surface area contributed by atoms with Crippen molar-refractivity contribution in [3.05, 3.63) is 88.9 Å². The van der Waals surface area contributed by atoms with Gasteiger partial charge in [-0.15, -0.1) is 0 Å². The fourth-order valence-corrected chi connectivity index (χ4v) is 4.47. The van der Waals surface area contributed by atoms with Crippen molar-refractivity contribution in [2.24, 2.45) is 0 Å². The van der Waals surface area contributed by atoms with Gasteiger partial charge in [0.15, 0.2) is 5.13 Å². The number of hydrogen-bond donors (Lipinski definition) is 1. The van der Waals surface area contributed by atoms with Crippen LogP contribution in [-0.2, 0) is 0 Å². The highest BCUT2D eigenvalue weighted by atomic mass is 35.5. The Morgan fingerprint density at radius 3 is 2.57 bits per heavy atom. The first-order chi connectivity index (χ1) is 14.6. The fraction of sp³-hybridized carbons (Fsp3) is 0.0417. The van der Waals surface area contributed by atoms with E-state index in [9.17, 15) is 4.79 Å². The molecular weight excluding hydrogens is 414 g/mol. The first-order valence-corrected chi connectivity index (χ1v) is 10.6. The van der Waals surface area contributed by atoms with Gasteiger partial charge in [0.25, 0.3) is 5.91 Å². The van der Waals surface area contributed by atoms with Crippen molar-refractivity contribution >= 4 is 55.1 Å². The lowest BCUT2D eigenvalue weighted by molar-refractivity contribution is 0.102. The van der Waals surface area contributed by atoms with E-state index in [1.807, 2.05) is 73.7 Å². The largest absolute Gasteiger partial charge is 0.298 e. The van der Waals surface area contributed by atoms with Gasteiger partial charge in [0.1, 0.15) is 0 Å². The van der Waals surface area contributed by atoms with Gasteiger partial charge in [0.05, 0.1) is 27.0 Å². The molecule has 0 spiro atoms. The third-order valence-corrected chi connectivity index (χ3v) is 6.05. The molecule has 0 aliphatic rings. The molecular formula is C24H16ClN3OS. The van der Waals surface area contributed by atoms with Crippen LogP contribution >= 0.6 is 22.9 Å². The van der Waals surface area contributed by atoms with E-state index in [0.717, 1.165) is 37.9 Å². The van der Waals surface area contributed by atoms with E-state index < -0.39 is 0 Å². The van der Waals surface area contributed by atoms with Crippen molar-refractivity contribution in [3.63, 3.8) is 0 Å². The summed E-state index contributed by atoms with van der Waals surface area (Å²) in [4.78, 5) is 22.5. The van der Waals surface area contributed by atoms with Gasteiger partial charge in [0, 0.05) is 16.0 Å². The molecule has 5 aromatic rings. The van der Waals surface area contributed by atoms with Crippen LogP contribution in [0.5, 0.6) is 0 Å². The summed E-state index contributed by atoms with van der Waals surface area (Å²) < 4.78 is 1.05. The topological polar surface area (TPSA) is 54.9 Å². The number of aromatic nitrogens is 2. The maximum atomic E-state index is 13.2. The van der Waals surface area contributed by atoms with Crippen molar-refractivity contribution in [3.8, 4) is 11.3 Å². The van der Waals surface area contributed by atoms with Gasteiger partial charge in [-0.05, 0) is 48.9 Å². The van der Waals surface area contributed by atoms with Crippen molar-refractivity contribution in [1.29, 1.82) is 0 Å². The zero-order valence-corrected chi connectivity index (χ0v) is 17.6. The van der Waals surface area contributed by atoms with Crippen LogP contribution in [-0.4, -0.2) is 15.9 Å². The van der Waals surface area contributed by atoms with E-state index >= 15 is 0 Å². The number of nitrogens with one attached hydrogen (secondary N) is 1. The molecule has 1 amide bonds. The van der Waals surface area contributed by atoms with Gasteiger partial charge in [-0.3, -0.25) is 10.1 Å². The van der Waals surface area contributed by atoms with Crippen LogP contribution < -0.4 is 5.32 Å². The summed E-state index contributed by atoms with van der Waals surface area (Å²) in [5.41, 5.74) is 4.97. The summed E-state index contributed by atoms with van der Waals surface area (Å²) in [7, 11) is 0. The van der Waals surface area contributed by atoms with Crippen molar-refractivity contribution in [1.82, 2.24) is 9.97 Å². The van der Waals surface area contributed by atoms with Crippen LogP contribution in [0.1, 0.15) is 15.9 Å². The molecule has 3 aromatic carbocycles. The van der Waals surface area contributed by atoms with Crippen LogP contribution in [0, 0.1) is 6.92 Å². The Morgan fingerprint density at radius 1 is 0.933 bits per heavy atom. The summed E-state index contributed by atoms with van der Waals surface area (Å²) in [6, 6.07) is 22.9. The molecule has 4 nitrogen and oxygen atoms in total. The Morgan fingerprint density at radius 2 is 1.73 bits per heavy atom. The van der Waals surface area contributed by atoms with Crippen molar-refractivity contribution in [2.75, 3.05) is 5.32 Å². The maximum Gasteiger partial charge on any atom is 0.258 e. The average molecular weight is 430 g/mol. The highest BCUT2D eigenvalue weighted by Gasteiger charge is 2.16. The molecule has 6 heteroatoms. The Hall–Kier alpha value is -3.28. The normalized spacial score (nSPS) is 11.1. The number of para-hydroxylation sites is 1. The number of thiazole rings is 1. The molecule has 0 aliphatic carbocycles. The number of pyridine rings is 1. The van der Waals surface area contributed by atoms with Crippen molar-refractivity contribution < 1.29 is 4.79 Å². The monoisotopic (exact) mass is 429 g/mol. The van der Waals surface area contributed by atoms with Crippen LogP contribution in [0.2, 0.25) is 5.02 Å². The summed E-state index contributed by atoms with van der Waals surface area (Å²) in [6.45, 7) is 2.04. The van der Waals surface area contributed by atoms with Gasteiger partial charge >= 0.3 is 0 Å². The number of amides is 1. The molecule has 0 aliphatic heterocycles. The van der Waals surface area contributed by atoms with E-state index in [4.69, 9.17) is 16.6 Å². The van der Waals surface area contributed by atoms with Gasteiger partial charge in [-0.1, -0.05) is 59.3 Å². The summed E-state index contributed by atoms with van der Waals surface area (Å²) in [6.07, 6.45) is 0. The molecule has 1 N–H and O–H groups in total. The Balaban J connectivity index is 1.57. The maximum absolute atomic E-state index is 13.2. The van der Waals surface area contributed by atoms with Gasteiger partial charge in [-0.2, -0.15) is 0 Å². The SMILES string of the molecule is Cc1ccc2nc(NC(=O)c3cc(-c4ccc(Cl)cc4)nc4ccccc34)sc2c1. The third-order valence-electron chi connectivity index (χ3n) is 4.87. The number of aryl methyl sites for hydroxylation is 1. The number of nitrogens with zero attached hydrogens (tertiary/aromatic N) is 2. The second-order valence-electron chi connectivity index (χ2n) is 7.02. The lowest BCUT2D eigenvalue weighted by Gasteiger charge is -2.09. The average Bonchev–Trinajstić information content (AvgIpc) is 3.14. The molecule has 146 valence electrons. The third kappa shape index (κ3) is 3.54. The Labute approximate surface area is 182 Å². The quantitative estimate of drug-likeness (QED) is 0.346. The van der Waals surface area contributed by atoms with Gasteiger partial charge < -0.3 is 0 Å². The molecule has 0 unspecified atom stereocenters.